The number of piperidine rings is 1. The number of benzene rings is 3. The number of nitrogens with two attached hydrogens (primary N) is 3. The van der Waals surface area contributed by atoms with Crippen LogP contribution in [0.1, 0.15) is 203 Å². The van der Waals surface area contributed by atoms with Crippen LogP contribution in [0.3, 0.4) is 0 Å². The van der Waals surface area contributed by atoms with Crippen molar-refractivity contribution in [3.05, 3.63) is 211 Å². The third-order valence-corrected chi connectivity index (χ3v) is 21.2. The monoisotopic (exact) mass is 1620 g/mol. The van der Waals surface area contributed by atoms with Crippen LogP contribution < -0.4 is 36.7 Å². The lowest BCUT2D eigenvalue weighted by Gasteiger charge is -2.36. The molecule has 3 amide bonds. The van der Waals surface area contributed by atoms with E-state index in [-0.39, 0.29) is 91.2 Å². The van der Waals surface area contributed by atoms with Crippen LogP contribution in [-0.2, 0) is 0 Å². The number of hydrogen-bond donors (Lipinski definition) is 4. The van der Waals surface area contributed by atoms with Crippen molar-refractivity contribution >= 4 is 86.5 Å². The fraction of sp³-hybridized carbons (Fsp3) is 0.365. The molecule has 14 rings (SSSR count). The number of imidazole rings is 3. The minimum atomic E-state index is -0.629. The van der Waals surface area contributed by atoms with Gasteiger partial charge in [-0.1, -0.05) is 94.5 Å². The van der Waals surface area contributed by atoms with Gasteiger partial charge in [-0.2, -0.15) is 0 Å². The van der Waals surface area contributed by atoms with E-state index in [4.69, 9.17) is 81.2 Å². The van der Waals surface area contributed by atoms with E-state index in [1.54, 1.807) is 96.7 Å². The Morgan fingerprint density at radius 3 is 1.10 bits per heavy atom. The molecule has 2 saturated heterocycles. The number of ether oxygens (including phenoxy) is 3. The third-order valence-electron chi connectivity index (χ3n) is 20.4. The van der Waals surface area contributed by atoms with Gasteiger partial charge in [-0.3, -0.25) is 42.5 Å². The van der Waals surface area contributed by atoms with Crippen LogP contribution in [-0.4, -0.2) is 137 Å². The molecule has 7 N–H and O–H groups in total. The number of rotatable bonds is 20. The fourth-order valence-corrected chi connectivity index (χ4v) is 15.2. The van der Waals surface area contributed by atoms with Crippen molar-refractivity contribution < 1.29 is 41.8 Å². The van der Waals surface area contributed by atoms with Crippen LogP contribution in [0.4, 0.5) is 30.6 Å². The van der Waals surface area contributed by atoms with Crippen LogP contribution in [0.2, 0.25) is 15.1 Å². The Morgan fingerprint density at radius 2 is 0.809 bits per heavy atom. The number of anilines is 3. The second kappa shape index (κ2) is 34.9. The number of fused-ring (bicyclic) bond motifs is 3. The first-order chi connectivity index (χ1) is 54.8. The number of likely N-dealkylation sites (tertiary alicyclic amines) is 2. The van der Waals surface area contributed by atoms with E-state index in [2.05, 4.69) is 49.1 Å². The minimum Gasteiger partial charge on any atom is -0.490 e. The predicted octanol–water partition coefficient (Wildman–Crippen LogP) is 17.3. The second-order valence-corrected chi connectivity index (χ2v) is 31.4. The molecule has 11 heterocycles. The summed E-state index contributed by atoms with van der Waals surface area (Å²) >= 11 is 19.4. The zero-order valence-corrected chi connectivity index (χ0v) is 69.1. The summed E-state index contributed by atoms with van der Waals surface area (Å²) < 4.78 is 71.4. The summed E-state index contributed by atoms with van der Waals surface area (Å²) in [5.41, 5.74) is 27.5. The van der Waals surface area contributed by atoms with Gasteiger partial charge in [-0.05, 0) is 130 Å². The summed E-state index contributed by atoms with van der Waals surface area (Å²) in [7, 11) is 0. The van der Waals surface area contributed by atoms with Crippen molar-refractivity contribution in [2.45, 2.75) is 159 Å². The molecule has 24 nitrogen and oxygen atoms in total. The number of carbonyl (C=O) groups excluding carboxylic acids is 3. The lowest BCUT2D eigenvalue weighted by atomic mass is 9.93. The number of nitrogens with one attached hydrogen (secondary N) is 1. The topological polar surface area (TPSA) is 305 Å². The summed E-state index contributed by atoms with van der Waals surface area (Å²) in [4.78, 5) is 81.5. The number of nitrogens with zero attached hydrogens (tertiary/aromatic N) is 14. The van der Waals surface area contributed by atoms with Gasteiger partial charge in [0.2, 0.25) is 0 Å². The van der Waals surface area contributed by atoms with Gasteiger partial charge in [-0.15, -0.1) is 0 Å². The zero-order valence-electron chi connectivity index (χ0n) is 66.9. The first-order valence-corrected chi connectivity index (χ1v) is 39.5. The van der Waals surface area contributed by atoms with E-state index < -0.39 is 17.5 Å². The molecule has 115 heavy (non-hydrogen) atoms. The normalized spacial score (nSPS) is 14.1. The van der Waals surface area contributed by atoms with Gasteiger partial charge < -0.3 is 46.5 Å². The molecule has 3 aromatic carbocycles. The Kier molecular flexibility index (Phi) is 25.3. The lowest BCUT2D eigenvalue weighted by molar-refractivity contribution is 0.0524. The fourth-order valence-electron chi connectivity index (χ4n) is 14.6. The van der Waals surface area contributed by atoms with Gasteiger partial charge in [-0.25, -0.2) is 43.1 Å². The summed E-state index contributed by atoms with van der Waals surface area (Å²) in [5, 5.41) is 2.63. The highest BCUT2D eigenvalue weighted by molar-refractivity contribution is 6.32. The Morgan fingerprint density at radius 1 is 0.487 bits per heavy atom. The summed E-state index contributed by atoms with van der Waals surface area (Å²) in [6, 6.07) is 14.6. The van der Waals surface area contributed by atoms with Crippen LogP contribution in [0.25, 0.3) is 49.9 Å². The highest BCUT2D eigenvalue weighted by Crippen LogP contribution is 2.48. The Bertz CT molecular complexity index is 5630. The maximum absolute atomic E-state index is 15.8. The van der Waals surface area contributed by atoms with Gasteiger partial charge in [0.25, 0.3) is 17.7 Å². The Labute approximate surface area is 680 Å². The molecule has 0 radical (unpaired) electrons. The number of carbonyl (C=O) groups is 3. The summed E-state index contributed by atoms with van der Waals surface area (Å²) in [6.45, 7) is 32.4. The average molecular weight is 1630 g/mol. The summed E-state index contributed by atoms with van der Waals surface area (Å²) in [6.07, 6.45) is 16.7. The van der Waals surface area contributed by atoms with Crippen molar-refractivity contribution in [2.75, 3.05) is 49.9 Å². The number of hydrogen-bond acceptors (Lipinski definition) is 18. The smallest absolute Gasteiger partial charge is 0.272 e. The molecule has 0 saturated carbocycles. The number of halogens is 6. The average Bonchev–Trinajstić information content (AvgIpc) is 1.73. The first-order valence-electron chi connectivity index (χ1n) is 38.3. The minimum absolute atomic E-state index is 0.0469. The number of nitrogen functional groups attached to an aromatic ring is 3. The largest absolute Gasteiger partial charge is 0.490 e. The van der Waals surface area contributed by atoms with Crippen LogP contribution in [0.5, 0.6) is 17.2 Å². The molecule has 9 aromatic heterocycles. The van der Waals surface area contributed by atoms with E-state index in [9.17, 15) is 14.4 Å². The molecular weight excluding hydrogens is 1530 g/mol. The van der Waals surface area contributed by atoms with Crippen LogP contribution in [0.15, 0.2) is 110 Å². The Hall–Kier alpha value is -11.2. The standard InChI is InChI=1S/C30H34ClFN6O2.C28H30ClFN6O2.C27H30ClFN6O2/c1-16(2)40-27-21(18(4)29-36-19(5)26-28(33)34-10-13-38(26)29)14-22(31)25(32)24(27)20-6-7-23(35-15-20)30(39)37-11-8-17(3)9-12-37;1-14(2)38-25-19(16(4)27-34-17(5)24-26(31)32-8-9-36(24)27)10-20(29)23(30)22(25)18-6-7-21(33-11-18)28(37)35-12-15(3)13-35;1-6-9-32-27(36)20-8-7-17(13-33-20)21-22(29)19(28)12-18(24(21)37-14(2)3)15(4)26-34-16(5)23-25(30)31-10-11-35(23)26/h6-7,10,13-18H,8-9,11-12H2,1-5H3,(H2,33,34);6-11,14-16H,12-13H2,1-5H3,(H2,31,32);7-8,10-15H,6,9H2,1-5H3,(H2,30,31)(H,32,36)/t18-;16-;15-/m000/s1. The molecular formula is C85H94Cl3F3N18O6. The molecule has 2 fully saturated rings. The van der Waals surface area contributed by atoms with E-state index >= 15 is 13.2 Å². The Balaban J connectivity index is 0.000000159. The van der Waals surface area contributed by atoms with Gasteiger partial charge in [0.05, 0.1) is 67.2 Å². The van der Waals surface area contributed by atoms with Crippen molar-refractivity contribution in [1.29, 1.82) is 0 Å². The van der Waals surface area contributed by atoms with Gasteiger partial charge >= 0.3 is 0 Å². The SMILES string of the molecule is CCCNC(=O)c1ccc(-c2c(F)c(Cl)cc([C@H](C)c3nc(C)c4c(N)nccn34)c2OC(C)C)cn1.Cc1nc([C@@H](C)c2cc(Cl)c(F)c(-c3ccc(C(=O)N4CC(C)C4)nc3)c2OC(C)C)n2ccnc(N)c12.Cc1nc([C@@H](C)c2cc(Cl)c(F)c(-c3ccc(C(=O)N4CCC(C)CC4)nc3)c2OC(C)C)n2ccnc(N)c12. The molecule has 3 atom stereocenters. The molecule has 0 spiro atoms. The van der Waals surface area contributed by atoms with Crippen molar-refractivity contribution in [3.63, 3.8) is 0 Å². The van der Waals surface area contributed by atoms with Gasteiger partial charge in [0.1, 0.15) is 85.8 Å². The molecule has 602 valence electrons. The highest BCUT2D eigenvalue weighted by atomic mass is 35.5. The summed E-state index contributed by atoms with van der Waals surface area (Å²) in [5.74, 6) is 1.90. The maximum atomic E-state index is 15.8. The molecule has 12 aromatic rings. The maximum Gasteiger partial charge on any atom is 0.272 e. The molecule has 2 aliphatic rings. The predicted molar refractivity (Wildman–Crippen MR) is 442 cm³/mol. The van der Waals surface area contributed by atoms with E-state index in [1.807, 2.05) is 108 Å². The number of aromatic nitrogens is 12. The van der Waals surface area contributed by atoms with Crippen molar-refractivity contribution in [2.24, 2.45) is 11.8 Å². The molecule has 0 aliphatic carbocycles. The van der Waals surface area contributed by atoms with Crippen LogP contribution >= 0.6 is 34.8 Å². The first kappa shape index (κ1) is 83.3. The zero-order chi connectivity index (χ0) is 82.9. The number of aryl methyl sites for hydroxylation is 3. The van der Waals surface area contributed by atoms with Crippen molar-refractivity contribution in [3.8, 4) is 50.6 Å². The quantitative estimate of drug-likeness (QED) is 0.0551. The number of amides is 3. The molecule has 2 aliphatic heterocycles. The van der Waals surface area contributed by atoms with E-state index in [0.29, 0.717) is 147 Å². The van der Waals surface area contributed by atoms with Gasteiger partial charge in [0.15, 0.2) is 17.5 Å². The lowest BCUT2D eigenvalue weighted by Crippen LogP contribution is -2.48. The highest BCUT2D eigenvalue weighted by Gasteiger charge is 2.35. The van der Waals surface area contributed by atoms with E-state index in [0.717, 1.165) is 47.4 Å². The number of pyridine rings is 3. The molecule has 30 heteroatoms. The third kappa shape index (κ3) is 17.2. The second-order valence-electron chi connectivity index (χ2n) is 30.2. The van der Waals surface area contributed by atoms with Gasteiger partial charge in [0, 0.05) is 140 Å². The molecule has 0 unspecified atom stereocenters. The van der Waals surface area contributed by atoms with Crippen molar-refractivity contribution in [1.82, 2.24) is 73.2 Å². The van der Waals surface area contributed by atoms with E-state index in [1.165, 1.54) is 18.6 Å². The molecule has 0 bridgehead atoms. The van der Waals surface area contributed by atoms with Crippen LogP contribution in [0, 0.1) is 50.1 Å².